The molecule has 9 heteroatoms. The number of benzene rings is 2. The van der Waals surface area contributed by atoms with Gasteiger partial charge in [-0.3, -0.25) is 24.6 Å². The van der Waals surface area contributed by atoms with Crippen LogP contribution in [0.2, 0.25) is 0 Å². The minimum atomic E-state index is -0.505. The number of carbonyl (C=O) groups is 2. The van der Waals surface area contributed by atoms with Crippen LogP contribution in [0.5, 0.6) is 0 Å². The molecule has 1 fully saturated rings. The zero-order chi connectivity index (χ0) is 24.9. The molecule has 0 unspecified atom stereocenters. The summed E-state index contributed by atoms with van der Waals surface area (Å²) in [5, 5.41) is 13.9. The van der Waals surface area contributed by atoms with Gasteiger partial charge >= 0.3 is 0 Å². The molecular formula is C26H26FN3O4S. The number of piperidine rings is 1. The number of amides is 1. The Morgan fingerprint density at radius 3 is 2.46 bits per heavy atom. The standard InChI is InChI=1S/C26H26FN3O4S/c1-18-11-16-35-26(18)29(25(32)21-3-2-4-23(17-21)30(33)34)15-14-28-12-9-20(10-13-28)24(31)19-5-7-22(27)8-6-19/h2-8,11,16-17,20H,9-10,12-15H2,1H3. The lowest BCUT2D eigenvalue weighted by atomic mass is 9.89. The van der Waals surface area contributed by atoms with Crippen molar-refractivity contribution in [1.29, 1.82) is 0 Å². The first-order chi connectivity index (χ1) is 16.8. The second-order valence-electron chi connectivity index (χ2n) is 8.66. The molecule has 0 N–H and O–H groups in total. The molecule has 3 aromatic rings. The summed E-state index contributed by atoms with van der Waals surface area (Å²) in [6.07, 6.45) is 1.40. The number of aryl methyl sites for hydroxylation is 1. The quantitative estimate of drug-likeness (QED) is 0.239. The zero-order valence-electron chi connectivity index (χ0n) is 19.4. The van der Waals surface area contributed by atoms with Gasteiger partial charge in [0, 0.05) is 42.3 Å². The number of likely N-dealkylation sites (tertiary alicyclic amines) is 1. The van der Waals surface area contributed by atoms with E-state index in [4.69, 9.17) is 0 Å². The van der Waals surface area contributed by atoms with Gasteiger partial charge in [0.25, 0.3) is 11.6 Å². The lowest BCUT2D eigenvalue weighted by Gasteiger charge is -2.33. The van der Waals surface area contributed by atoms with E-state index in [-0.39, 0.29) is 34.7 Å². The number of non-ortho nitro benzene ring substituents is 1. The largest absolute Gasteiger partial charge is 0.302 e. The average Bonchev–Trinajstić information content (AvgIpc) is 3.30. The topological polar surface area (TPSA) is 83.8 Å². The van der Waals surface area contributed by atoms with Crippen molar-refractivity contribution < 1.29 is 18.9 Å². The second kappa shape index (κ2) is 10.9. The van der Waals surface area contributed by atoms with Gasteiger partial charge in [-0.15, -0.1) is 11.3 Å². The van der Waals surface area contributed by atoms with Crippen molar-refractivity contribution in [3.63, 3.8) is 0 Å². The number of thiophene rings is 1. The van der Waals surface area contributed by atoms with Crippen LogP contribution >= 0.6 is 11.3 Å². The number of halogens is 1. The van der Waals surface area contributed by atoms with Gasteiger partial charge in [0.05, 0.1) is 4.92 Å². The van der Waals surface area contributed by atoms with Crippen molar-refractivity contribution in [2.45, 2.75) is 19.8 Å². The molecular weight excluding hydrogens is 469 g/mol. The van der Waals surface area contributed by atoms with Crippen LogP contribution in [0.1, 0.15) is 39.1 Å². The third-order valence-corrected chi connectivity index (χ3v) is 7.39. The summed E-state index contributed by atoms with van der Waals surface area (Å²) in [4.78, 5) is 40.7. The van der Waals surface area contributed by atoms with E-state index >= 15 is 0 Å². The fourth-order valence-corrected chi connectivity index (χ4v) is 5.31. The Morgan fingerprint density at radius 2 is 1.83 bits per heavy atom. The molecule has 0 spiro atoms. The van der Waals surface area contributed by atoms with Gasteiger partial charge in [0.2, 0.25) is 0 Å². The molecule has 1 saturated heterocycles. The van der Waals surface area contributed by atoms with E-state index in [1.807, 2.05) is 18.4 Å². The minimum Gasteiger partial charge on any atom is -0.302 e. The number of hydrogen-bond acceptors (Lipinski definition) is 6. The van der Waals surface area contributed by atoms with Crippen LogP contribution in [0.15, 0.2) is 60.0 Å². The van der Waals surface area contributed by atoms with Crippen LogP contribution in [0, 0.1) is 28.8 Å². The fourth-order valence-electron chi connectivity index (χ4n) is 4.35. The molecule has 35 heavy (non-hydrogen) atoms. The predicted molar refractivity (Wildman–Crippen MR) is 134 cm³/mol. The number of anilines is 1. The second-order valence-corrected chi connectivity index (χ2v) is 9.55. The predicted octanol–water partition coefficient (Wildman–Crippen LogP) is 5.35. The van der Waals surface area contributed by atoms with Crippen molar-refractivity contribution in [2.24, 2.45) is 5.92 Å². The van der Waals surface area contributed by atoms with Crippen LogP contribution in [-0.4, -0.2) is 47.7 Å². The van der Waals surface area contributed by atoms with E-state index in [9.17, 15) is 24.1 Å². The summed E-state index contributed by atoms with van der Waals surface area (Å²) in [7, 11) is 0. The monoisotopic (exact) mass is 495 g/mol. The van der Waals surface area contributed by atoms with Gasteiger partial charge in [-0.1, -0.05) is 6.07 Å². The first-order valence-electron chi connectivity index (χ1n) is 11.5. The number of nitro groups is 1. The molecule has 0 bridgehead atoms. The summed E-state index contributed by atoms with van der Waals surface area (Å²) >= 11 is 1.46. The highest BCUT2D eigenvalue weighted by Crippen LogP contribution is 2.29. The summed E-state index contributed by atoms with van der Waals surface area (Å²) in [6, 6.07) is 13.4. The van der Waals surface area contributed by atoms with Gasteiger partial charge in [-0.05, 0) is 80.2 Å². The molecule has 0 saturated carbocycles. The Hall–Kier alpha value is -3.43. The van der Waals surface area contributed by atoms with Crippen molar-refractivity contribution in [3.8, 4) is 0 Å². The van der Waals surface area contributed by atoms with E-state index in [1.165, 1.54) is 53.8 Å². The van der Waals surface area contributed by atoms with Crippen LogP contribution in [0.25, 0.3) is 0 Å². The van der Waals surface area contributed by atoms with E-state index in [2.05, 4.69) is 4.90 Å². The molecule has 1 aromatic heterocycles. The number of nitrogens with zero attached hydrogens (tertiary/aromatic N) is 3. The summed E-state index contributed by atoms with van der Waals surface area (Å²) < 4.78 is 13.2. The number of nitro benzene ring substituents is 1. The van der Waals surface area contributed by atoms with Gasteiger partial charge in [-0.2, -0.15) is 0 Å². The molecule has 2 aromatic carbocycles. The molecule has 7 nitrogen and oxygen atoms in total. The Bertz CT molecular complexity index is 1220. The van der Waals surface area contributed by atoms with Gasteiger partial charge in [0.15, 0.2) is 5.78 Å². The van der Waals surface area contributed by atoms with E-state index in [1.54, 1.807) is 11.0 Å². The lowest BCUT2D eigenvalue weighted by Crippen LogP contribution is -2.42. The number of hydrogen-bond donors (Lipinski definition) is 0. The normalized spacial score (nSPS) is 14.6. The third kappa shape index (κ3) is 5.80. The Morgan fingerprint density at radius 1 is 1.11 bits per heavy atom. The average molecular weight is 496 g/mol. The van der Waals surface area contributed by atoms with Crippen molar-refractivity contribution in [3.05, 3.63) is 92.6 Å². The number of Topliss-reactive ketones (excluding diaryl/α,β-unsaturated/α-hetero) is 1. The molecule has 0 radical (unpaired) electrons. The maximum absolute atomic E-state index is 13.4. The molecule has 2 heterocycles. The first-order valence-corrected chi connectivity index (χ1v) is 12.3. The Balaban J connectivity index is 1.41. The van der Waals surface area contributed by atoms with Crippen LogP contribution in [-0.2, 0) is 0 Å². The lowest BCUT2D eigenvalue weighted by molar-refractivity contribution is -0.384. The van der Waals surface area contributed by atoms with Gasteiger partial charge in [0.1, 0.15) is 10.8 Å². The first kappa shape index (κ1) is 24.7. The highest BCUT2D eigenvalue weighted by molar-refractivity contribution is 7.14. The molecule has 182 valence electrons. The molecule has 0 atom stereocenters. The smallest absolute Gasteiger partial charge is 0.270 e. The maximum Gasteiger partial charge on any atom is 0.270 e. The van der Waals surface area contributed by atoms with Gasteiger partial charge < -0.3 is 4.90 Å². The Labute approximate surface area is 206 Å². The highest BCUT2D eigenvalue weighted by Gasteiger charge is 2.27. The summed E-state index contributed by atoms with van der Waals surface area (Å²) in [5.74, 6) is -0.692. The highest BCUT2D eigenvalue weighted by atomic mass is 32.1. The van der Waals surface area contributed by atoms with Crippen LogP contribution in [0.3, 0.4) is 0 Å². The van der Waals surface area contributed by atoms with Crippen molar-refractivity contribution in [2.75, 3.05) is 31.1 Å². The minimum absolute atomic E-state index is 0.0429. The fraction of sp³-hybridized carbons (Fsp3) is 0.308. The van der Waals surface area contributed by atoms with Crippen molar-refractivity contribution in [1.82, 2.24) is 4.90 Å². The summed E-state index contributed by atoms with van der Waals surface area (Å²) in [5.41, 5.74) is 1.66. The number of rotatable bonds is 8. The zero-order valence-corrected chi connectivity index (χ0v) is 20.2. The maximum atomic E-state index is 13.4. The molecule has 4 rings (SSSR count). The molecule has 1 aliphatic rings. The van der Waals surface area contributed by atoms with Crippen LogP contribution < -0.4 is 4.90 Å². The van der Waals surface area contributed by atoms with Crippen molar-refractivity contribution >= 4 is 33.7 Å². The molecule has 1 aliphatic heterocycles. The van der Waals surface area contributed by atoms with Gasteiger partial charge in [-0.25, -0.2) is 4.39 Å². The SMILES string of the molecule is Cc1ccsc1N(CCN1CCC(C(=O)c2ccc(F)cc2)CC1)C(=O)c1cccc([N+](=O)[O-])c1. The number of ketones is 1. The van der Waals surface area contributed by atoms with E-state index < -0.39 is 4.92 Å². The molecule has 1 amide bonds. The van der Waals surface area contributed by atoms with E-state index in [0.29, 0.717) is 31.5 Å². The number of carbonyl (C=O) groups excluding carboxylic acids is 2. The van der Waals surface area contributed by atoms with Crippen LogP contribution in [0.4, 0.5) is 15.1 Å². The molecule has 0 aliphatic carbocycles. The summed E-state index contributed by atoms with van der Waals surface area (Å²) in [6.45, 7) is 4.43. The Kier molecular flexibility index (Phi) is 7.67. The third-order valence-electron chi connectivity index (χ3n) is 6.36. The van der Waals surface area contributed by atoms with E-state index in [0.717, 1.165) is 23.7 Å².